The second-order valence-electron chi connectivity index (χ2n) is 3.79. The summed E-state index contributed by atoms with van der Waals surface area (Å²) in [6.07, 6.45) is 0. The van der Waals surface area contributed by atoms with E-state index in [1.165, 1.54) is 11.8 Å². The predicted molar refractivity (Wildman–Crippen MR) is 74.5 cm³/mol. The van der Waals surface area contributed by atoms with Crippen molar-refractivity contribution in [3.05, 3.63) is 45.7 Å². The highest BCUT2D eigenvalue weighted by Crippen LogP contribution is 2.29. The van der Waals surface area contributed by atoms with Gasteiger partial charge in [0, 0.05) is 20.8 Å². The van der Waals surface area contributed by atoms with Crippen LogP contribution in [0.5, 0.6) is 0 Å². The molecule has 0 amide bonds. The first-order valence-corrected chi connectivity index (χ1v) is 6.89. The second-order valence-corrected chi connectivity index (χ2v) is 5.71. The van der Waals surface area contributed by atoms with Gasteiger partial charge in [0.15, 0.2) is 5.16 Å². The molecule has 1 aromatic heterocycles. The highest BCUT2D eigenvalue weighted by atomic mass is 79.9. The van der Waals surface area contributed by atoms with E-state index in [1.54, 1.807) is 6.07 Å². The molecule has 0 radical (unpaired) electrons. The highest BCUT2D eigenvalue weighted by Gasteiger charge is 2.07. The van der Waals surface area contributed by atoms with Gasteiger partial charge in [-0.25, -0.2) is 9.97 Å². The first kappa shape index (κ1) is 13.1. The third kappa shape index (κ3) is 3.09. The maximum Gasteiger partial charge on any atom is 0.192 e. The molecule has 0 saturated heterocycles. The van der Waals surface area contributed by atoms with Crippen LogP contribution in [-0.4, -0.2) is 9.97 Å². The van der Waals surface area contributed by atoms with E-state index in [0.717, 1.165) is 20.8 Å². The van der Waals surface area contributed by atoms with Crippen LogP contribution in [0.3, 0.4) is 0 Å². The minimum Gasteiger partial charge on any atom is -0.228 e. The summed E-state index contributed by atoms with van der Waals surface area (Å²) in [5.74, 6) is 0. The fourth-order valence-electron chi connectivity index (χ4n) is 1.52. The molecule has 0 saturated carbocycles. The summed E-state index contributed by atoms with van der Waals surface area (Å²) in [6.45, 7) is 3.87. The Morgan fingerprint density at radius 3 is 2.44 bits per heavy atom. The smallest absolute Gasteiger partial charge is 0.192 e. The SMILES string of the molecule is Cc1cc(C)nc(Sc2ccc(Br)cc2C#N)n1. The van der Waals surface area contributed by atoms with E-state index < -0.39 is 0 Å². The van der Waals surface area contributed by atoms with Crippen molar-refractivity contribution in [3.8, 4) is 6.07 Å². The lowest BCUT2D eigenvalue weighted by atomic mass is 10.2. The summed E-state index contributed by atoms with van der Waals surface area (Å²) in [5.41, 5.74) is 2.48. The standard InChI is InChI=1S/C13H10BrN3S/c1-8-5-9(2)17-13(16-8)18-12-4-3-11(14)6-10(12)7-15/h3-6H,1-2H3. The predicted octanol–water partition coefficient (Wildman–Crippen LogP) is 3.88. The quantitative estimate of drug-likeness (QED) is 0.788. The van der Waals surface area contributed by atoms with Crippen molar-refractivity contribution in [2.75, 3.05) is 0 Å². The summed E-state index contributed by atoms with van der Waals surface area (Å²) in [4.78, 5) is 9.58. The average Bonchev–Trinajstić information content (AvgIpc) is 2.30. The van der Waals surface area contributed by atoms with E-state index in [9.17, 15) is 0 Å². The number of aromatic nitrogens is 2. The minimum atomic E-state index is 0.622. The van der Waals surface area contributed by atoms with Crippen molar-refractivity contribution >= 4 is 27.7 Å². The van der Waals surface area contributed by atoms with Gasteiger partial charge in [0.25, 0.3) is 0 Å². The molecule has 5 heteroatoms. The molecule has 90 valence electrons. The molecule has 0 aliphatic carbocycles. The molecule has 0 unspecified atom stereocenters. The van der Waals surface area contributed by atoms with Gasteiger partial charge in [-0.3, -0.25) is 0 Å². The fraction of sp³-hybridized carbons (Fsp3) is 0.154. The molecule has 0 N–H and O–H groups in total. The van der Waals surface area contributed by atoms with Crippen LogP contribution in [0.1, 0.15) is 17.0 Å². The Balaban J connectivity index is 2.37. The monoisotopic (exact) mass is 319 g/mol. The van der Waals surface area contributed by atoms with Gasteiger partial charge < -0.3 is 0 Å². The normalized spacial score (nSPS) is 10.1. The van der Waals surface area contributed by atoms with E-state index in [4.69, 9.17) is 5.26 Å². The molecule has 2 rings (SSSR count). The first-order chi connectivity index (χ1) is 8.58. The van der Waals surface area contributed by atoms with Gasteiger partial charge in [-0.05, 0) is 49.9 Å². The average molecular weight is 320 g/mol. The van der Waals surface area contributed by atoms with Gasteiger partial charge in [-0.1, -0.05) is 15.9 Å². The molecule has 2 aromatic rings. The molecule has 0 fully saturated rings. The maximum atomic E-state index is 9.11. The summed E-state index contributed by atoms with van der Waals surface area (Å²) in [7, 11) is 0. The van der Waals surface area contributed by atoms with Crippen molar-refractivity contribution in [1.82, 2.24) is 9.97 Å². The summed E-state index contributed by atoms with van der Waals surface area (Å²) >= 11 is 4.76. The number of rotatable bonds is 2. The van der Waals surface area contributed by atoms with Crippen LogP contribution in [0.2, 0.25) is 0 Å². The zero-order chi connectivity index (χ0) is 13.1. The topological polar surface area (TPSA) is 49.6 Å². The molecule has 3 nitrogen and oxygen atoms in total. The van der Waals surface area contributed by atoms with E-state index in [0.29, 0.717) is 10.7 Å². The zero-order valence-corrected chi connectivity index (χ0v) is 12.3. The number of benzene rings is 1. The minimum absolute atomic E-state index is 0.622. The van der Waals surface area contributed by atoms with Crippen molar-refractivity contribution in [3.63, 3.8) is 0 Å². The molecule has 0 spiro atoms. The van der Waals surface area contributed by atoms with Crippen LogP contribution < -0.4 is 0 Å². The van der Waals surface area contributed by atoms with Crippen molar-refractivity contribution < 1.29 is 0 Å². The van der Waals surface area contributed by atoms with Gasteiger partial charge in [-0.15, -0.1) is 0 Å². The Morgan fingerprint density at radius 2 is 1.83 bits per heavy atom. The number of hydrogen-bond donors (Lipinski definition) is 0. The molecule has 0 aliphatic rings. The molecule has 18 heavy (non-hydrogen) atoms. The van der Waals surface area contributed by atoms with Crippen LogP contribution in [0.4, 0.5) is 0 Å². The number of aryl methyl sites for hydroxylation is 2. The highest BCUT2D eigenvalue weighted by molar-refractivity contribution is 9.10. The molecule has 1 heterocycles. The van der Waals surface area contributed by atoms with E-state index >= 15 is 0 Å². The van der Waals surface area contributed by atoms with Gasteiger partial charge >= 0.3 is 0 Å². The third-order valence-electron chi connectivity index (χ3n) is 2.23. The van der Waals surface area contributed by atoms with Crippen LogP contribution >= 0.6 is 27.7 Å². The van der Waals surface area contributed by atoms with Gasteiger partial charge in [0.2, 0.25) is 0 Å². The Morgan fingerprint density at radius 1 is 1.17 bits per heavy atom. The van der Waals surface area contributed by atoms with Gasteiger partial charge in [-0.2, -0.15) is 5.26 Å². The van der Waals surface area contributed by atoms with Gasteiger partial charge in [0.1, 0.15) is 6.07 Å². The Labute approximate surface area is 118 Å². The van der Waals surface area contributed by atoms with Crippen molar-refractivity contribution in [1.29, 1.82) is 5.26 Å². The lowest BCUT2D eigenvalue weighted by Crippen LogP contribution is -1.93. The zero-order valence-electron chi connectivity index (χ0n) is 9.94. The number of hydrogen-bond acceptors (Lipinski definition) is 4. The molecule has 0 bridgehead atoms. The summed E-state index contributed by atoms with van der Waals surface area (Å²) < 4.78 is 0.893. The Bertz CT molecular complexity index is 614. The van der Waals surface area contributed by atoms with Crippen LogP contribution in [-0.2, 0) is 0 Å². The largest absolute Gasteiger partial charge is 0.228 e. The second kappa shape index (κ2) is 5.51. The lowest BCUT2D eigenvalue weighted by molar-refractivity contribution is 0.902. The molecule has 1 aromatic carbocycles. The van der Waals surface area contributed by atoms with Crippen LogP contribution in [0.25, 0.3) is 0 Å². The number of halogens is 1. The summed E-state index contributed by atoms with van der Waals surface area (Å²) in [6, 6.07) is 9.71. The first-order valence-electron chi connectivity index (χ1n) is 5.28. The van der Waals surface area contributed by atoms with Gasteiger partial charge in [0.05, 0.1) is 5.56 Å². The molecular weight excluding hydrogens is 310 g/mol. The molecule has 0 atom stereocenters. The fourth-order valence-corrected chi connectivity index (χ4v) is 2.80. The van der Waals surface area contributed by atoms with Crippen LogP contribution in [0, 0.1) is 25.2 Å². The van der Waals surface area contributed by atoms with Crippen molar-refractivity contribution in [2.24, 2.45) is 0 Å². The Hall–Kier alpha value is -1.38. The van der Waals surface area contributed by atoms with E-state index in [-0.39, 0.29) is 0 Å². The number of nitriles is 1. The summed E-state index contributed by atoms with van der Waals surface area (Å²) in [5, 5.41) is 9.78. The lowest BCUT2D eigenvalue weighted by Gasteiger charge is -2.05. The van der Waals surface area contributed by atoms with Crippen LogP contribution in [0.15, 0.2) is 38.8 Å². The molecular formula is C13H10BrN3S. The number of nitrogens with zero attached hydrogens (tertiary/aromatic N) is 3. The maximum absolute atomic E-state index is 9.11. The van der Waals surface area contributed by atoms with E-state index in [1.807, 2.05) is 32.0 Å². The molecule has 0 aliphatic heterocycles. The van der Waals surface area contributed by atoms with E-state index in [2.05, 4.69) is 32.0 Å². The Kier molecular flexibility index (Phi) is 4.00. The van der Waals surface area contributed by atoms with Crippen molar-refractivity contribution in [2.45, 2.75) is 23.9 Å². The third-order valence-corrected chi connectivity index (χ3v) is 3.66.